The van der Waals surface area contributed by atoms with Gasteiger partial charge in [-0.05, 0) is 60.5 Å². The number of ether oxygens (including phenoxy) is 2. The van der Waals surface area contributed by atoms with Crippen LogP contribution in [0.4, 0.5) is 5.69 Å². The molecule has 204 valence electrons. The van der Waals surface area contributed by atoms with E-state index >= 15 is 0 Å². The zero-order valence-electron chi connectivity index (χ0n) is 21.1. The fourth-order valence-corrected chi connectivity index (χ4v) is 4.19. The summed E-state index contributed by atoms with van der Waals surface area (Å²) >= 11 is 0. The Morgan fingerprint density at radius 1 is 1.00 bits per heavy atom. The average Bonchev–Trinajstić information content (AvgIpc) is 2.90. The normalized spacial score (nSPS) is 12.1. The zero-order chi connectivity index (χ0) is 27.5. The molecule has 0 fully saturated rings. The molecule has 38 heavy (non-hydrogen) atoms. The summed E-state index contributed by atoms with van der Waals surface area (Å²) in [6, 6.07) is 18.7. The Morgan fingerprint density at radius 2 is 1.68 bits per heavy atom. The molecule has 0 aliphatic rings. The predicted octanol–water partition coefficient (Wildman–Crippen LogP) is 2.40. The van der Waals surface area contributed by atoms with Crippen LogP contribution in [0.3, 0.4) is 0 Å². The average molecular weight is 544 g/mol. The fourth-order valence-electron chi connectivity index (χ4n) is 3.55. The molecule has 1 amide bonds. The summed E-state index contributed by atoms with van der Waals surface area (Å²) < 4.78 is 37.1. The van der Waals surface area contributed by atoms with E-state index in [1.807, 2.05) is 24.3 Å². The van der Waals surface area contributed by atoms with Gasteiger partial charge in [-0.15, -0.1) is 0 Å². The van der Waals surface area contributed by atoms with Crippen molar-refractivity contribution in [1.29, 1.82) is 0 Å². The van der Waals surface area contributed by atoms with Crippen molar-refractivity contribution in [2.24, 2.45) is 5.73 Å². The number of aliphatic hydroxyl groups is 1. The molecular weight excluding hydrogens is 510 g/mol. The standard InChI is InChI=1S/C27H33N3O7S/c1-2-38(34,35)30-21-7-9-23(10-8-21)37-18-22(31)17-29-16-20-6-4-3-5-19(20)13-14-36-24-11-12-26(32)25(15-24)27(28)33/h3-12,15,22,29-32H,2,13-14,16-18H2,1H3,(H2,28,33). The van der Waals surface area contributed by atoms with Gasteiger partial charge in [0.25, 0.3) is 5.91 Å². The number of rotatable bonds is 15. The SMILES string of the molecule is CCS(=O)(=O)Nc1ccc(OCC(O)CNCc2ccccc2CCOc2ccc(O)c(C(N)=O)c2)cc1. The van der Waals surface area contributed by atoms with Crippen LogP contribution in [0, 0.1) is 0 Å². The molecule has 10 nitrogen and oxygen atoms in total. The second-order valence-corrected chi connectivity index (χ2v) is 10.5. The van der Waals surface area contributed by atoms with Gasteiger partial charge < -0.3 is 30.7 Å². The number of anilines is 1. The van der Waals surface area contributed by atoms with E-state index in [0.29, 0.717) is 43.3 Å². The molecule has 0 saturated carbocycles. The Labute approximate surface area is 222 Å². The van der Waals surface area contributed by atoms with Crippen LogP contribution in [0.2, 0.25) is 0 Å². The topological polar surface area (TPSA) is 160 Å². The van der Waals surface area contributed by atoms with Crippen molar-refractivity contribution in [2.75, 3.05) is 30.2 Å². The third-order valence-electron chi connectivity index (χ3n) is 5.64. The van der Waals surface area contributed by atoms with Crippen LogP contribution >= 0.6 is 0 Å². The number of nitrogens with two attached hydrogens (primary N) is 1. The van der Waals surface area contributed by atoms with Crippen LogP contribution in [0.25, 0.3) is 0 Å². The Hall–Kier alpha value is -3.80. The second kappa shape index (κ2) is 13.7. The van der Waals surface area contributed by atoms with Gasteiger partial charge in [0.1, 0.15) is 30.0 Å². The molecule has 3 aromatic rings. The number of carbonyl (C=O) groups is 1. The van der Waals surface area contributed by atoms with Gasteiger partial charge in [-0.1, -0.05) is 24.3 Å². The molecule has 3 aromatic carbocycles. The second-order valence-electron chi connectivity index (χ2n) is 8.54. The number of nitrogens with one attached hydrogen (secondary N) is 2. The van der Waals surface area contributed by atoms with Gasteiger partial charge in [0.05, 0.1) is 17.9 Å². The van der Waals surface area contributed by atoms with Crippen LogP contribution < -0.4 is 25.2 Å². The van der Waals surface area contributed by atoms with Gasteiger partial charge in [-0.3, -0.25) is 9.52 Å². The van der Waals surface area contributed by atoms with E-state index in [9.17, 15) is 23.4 Å². The van der Waals surface area contributed by atoms with Crippen LogP contribution in [-0.2, 0) is 23.0 Å². The smallest absolute Gasteiger partial charge is 0.252 e. The third-order valence-corrected chi connectivity index (χ3v) is 6.94. The van der Waals surface area contributed by atoms with Crippen LogP contribution in [0.15, 0.2) is 66.7 Å². The number of benzene rings is 3. The van der Waals surface area contributed by atoms with Crippen molar-refractivity contribution in [1.82, 2.24) is 5.32 Å². The van der Waals surface area contributed by atoms with Gasteiger partial charge >= 0.3 is 0 Å². The number of aliphatic hydroxyl groups excluding tert-OH is 1. The molecule has 11 heteroatoms. The molecule has 0 saturated heterocycles. The van der Waals surface area contributed by atoms with Gasteiger partial charge in [0.15, 0.2) is 0 Å². The minimum absolute atomic E-state index is 0.00564. The summed E-state index contributed by atoms with van der Waals surface area (Å²) in [6.45, 7) is 2.83. The van der Waals surface area contributed by atoms with Crippen molar-refractivity contribution in [3.63, 3.8) is 0 Å². The summed E-state index contributed by atoms with van der Waals surface area (Å²) in [6.07, 6.45) is -0.140. The highest BCUT2D eigenvalue weighted by atomic mass is 32.2. The maximum Gasteiger partial charge on any atom is 0.252 e. The minimum Gasteiger partial charge on any atom is -0.507 e. The molecule has 0 aliphatic carbocycles. The number of sulfonamides is 1. The molecule has 6 N–H and O–H groups in total. The van der Waals surface area contributed by atoms with E-state index in [0.717, 1.165) is 11.1 Å². The van der Waals surface area contributed by atoms with E-state index in [1.165, 1.54) is 12.1 Å². The van der Waals surface area contributed by atoms with Crippen molar-refractivity contribution >= 4 is 21.6 Å². The number of amides is 1. The third kappa shape index (κ3) is 8.94. The predicted molar refractivity (Wildman–Crippen MR) is 145 cm³/mol. The van der Waals surface area contributed by atoms with E-state index in [1.54, 1.807) is 37.3 Å². The first-order chi connectivity index (χ1) is 18.2. The van der Waals surface area contributed by atoms with Gasteiger partial charge in [-0.25, -0.2) is 8.42 Å². The Kier molecular flexibility index (Phi) is 10.3. The maximum atomic E-state index is 11.6. The lowest BCUT2D eigenvalue weighted by Gasteiger charge is -2.15. The highest BCUT2D eigenvalue weighted by molar-refractivity contribution is 7.92. The number of hydrogen-bond donors (Lipinski definition) is 5. The number of hydrogen-bond acceptors (Lipinski definition) is 8. The van der Waals surface area contributed by atoms with Gasteiger partial charge in [0.2, 0.25) is 10.0 Å². The lowest BCUT2D eigenvalue weighted by molar-refractivity contribution is 0.0997. The lowest BCUT2D eigenvalue weighted by Crippen LogP contribution is -2.31. The van der Waals surface area contributed by atoms with Crippen LogP contribution in [-0.4, -0.2) is 56.2 Å². The molecule has 0 aromatic heterocycles. The molecule has 0 heterocycles. The Balaban J connectivity index is 1.42. The van der Waals surface area contributed by atoms with Gasteiger partial charge in [0, 0.05) is 25.2 Å². The minimum atomic E-state index is -3.34. The first kappa shape index (κ1) is 28.8. The van der Waals surface area contributed by atoms with Crippen molar-refractivity contribution in [3.05, 3.63) is 83.4 Å². The van der Waals surface area contributed by atoms with E-state index in [4.69, 9.17) is 15.2 Å². The van der Waals surface area contributed by atoms with E-state index in [2.05, 4.69) is 10.0 Å². The summed E-state index contributed by atoms with van der Waals surface area (Å²) in [5.74, 6) is 0.0238. The molecule has 0 bridgehead atoms. The first-order valence-electron chi connectivity index (χ1n) is 12.1. The van der Waals surface area contributed by atoms with Crippen molar-refractivity contribution in [3.8, 4) is 17.2 Å². The molecule has 3 rings (SSSR count). The van der Waals surface area contributed by atoms with E-state index in [-0.39, 0.29) is 23.7 Å². The molecule has 0 spiro atoms. The number of carbonyl (C=O) groups excluding carboxylic acids is 1. The Bertz CT molecular complexity index is 1310. The van der Waals surface area contributed by atoms with E-state index < -0.39 is 22.0 Å². The molecular formula is C27H33N3O7S. The van der Waals surface area contributed by atoms with Crippen LogP contribution in [0.1, 0.15) is 28.4 Å². The summed E-state index contributed by atoms with van der Waals surface area (Å²) in [5, 5.41) is 23.2. The highest BCUT2D eigenvalue weighted by Gasteiger charge is 2.11. The highest BCUT2D eigenvalue weighted by Crippen LogP contribution is 2.23. The number of phenols is 1. The van der Waals surface area contributed by atoms with Crippen LogP contribution in [0.5, 0.6) is 17.2 Å². The number of aromatic hydroxyl groups is 1. The fraction of sp³-hybridized carbons (Fsp3) is 0.296. The molecule has 0 aliphatic heterocycles. The zero-order valence-corrected chi connectivity index (χ0v) is 21.9. The quantitative estimate of drug-likeness (QED) is 0.195. The van der Waals surface area contributed by atoms with Crippen molar-refractivity contribution in [2.45, 2.75) is 26.0 Å². The van der Waals surface area contributed by atoms with Crippen molar-refractivity contribution < 1.29 is 32.9 Å². The Morgan fingerprint density at radius 3 is 2.37 bits per heavy atom. The first-order valence-corrected chi connectivity index (χ1v) is 13.8. The monoisotopic (exact) mass is 543 g/mol. The largest absolute Gasteiger partial charge is 0.507 e. The molecule has 1 atom stereocenters. The lowest BCUT2D eigenvalue weighted by atomic mass is 10.0. The summed E-state index contributed by atoms with van der Waals surface area (Å²) in [5.41, 5.74) is 7.83. The number of primary amides is 1. The molecule has 0 radical (unpaired) electrons. The molecule has 1 unspecified atom stereocenters. The summed E-state index contributed by atoms with van der Waals surface area (Å²) in [4.78, 5) is 11.4. The maximum absolute atomic E-state index is 11.6. The summed E-state index contributed by atoms with van der Waals surface area (Å²) in [7, 11) is -3.34. The van der Waals surface area contributed by atoms with Gasteiger partial charge in [-0.2, -0.15) is 0 Å².